The number of hydrogen-bond donors (Lipinski definition) is 3. The molecule has 0 fully saturated rings. The van der Waals surface area contributed by atoms with Crippen LogP contribution >= 0.6 is 0 Å². The molecular formula is C18H36O4. The lowest BCUT2D eigenvalue weighted by atomic mass is 10.0. The Kier molecular flexibility index (Phi) is 13.6. The van der Waals surface area contributed by atoms with Gasteiger partial charge in [-0.05, 0) is 19.3 Å². The van der Waals surface area contributed by atoms with E-state index in [2.05, 4.69) is 0 Å². The molecule has 0 bridgehead atoms. The molecule has 0 unspecified atom stereocenters. The topological polar surface area (TPSA) is 77.8 Å². The van der Waals surface area contributed by atoms with Gasteiger partial charge in [0.1, 0.15) is 0 Å². The number of aliphatic carboxylic acids is 1. The number of carboxylic acids is 1. The molecule has 0 aromatic carbocycles. The Hall–Kier alpha value is -0.610. The van der Waals surface area contributed by atoms with Gasteiger partial charge in [-0.2, -0.15) is 0 Å². The predicted molar refractivity (Wildman–Crippen MR) is 89.7 cm³/mol. The lowest BCUT2D eigenvalue weighted by Crippen LogP contribution is -2.26. The van der Waals surface area contributed by atoms with Gasteiger partial charge in [0.05, 0.1) is 0 Å². The van der Waals surface area contributed by atoms with Crippen molar-refractivity contribution in [1.29, 1.82) is 0 Å². The first-order valence-electron chi connectivity index (χ1n) is 9.14. The van der Waals surface area contributed by atoms with Crippen LogP contribution in [0.2, 0.25) is 0 Å². The molecule has 4 nitrogen and oxygen atoms in total. The minimum atomic E-state index is -1.45. The van der Waals surface area contributed by atoms with Gasteiger partial charge in [-0.15, -0.1) is 0 Å². The third-order valence-corrected chi connectivity index (χ3v) is 4.28. The summed E-state index contributed by atoms with van der Waals surface area (Å²) >= 11 is 0. The molecule has 0 atom stereocenters. The third-order valence-electron chi connectivity index (χ3n) is 4.28. The van der Waals surface area contributed by atoms with Gasteiger partial charge in [-0.1, -0.05) is 71.1 Å². The second-order valence-corrected chi connectivity index (χ2v) is 6.47. The van der Waals surface area contributed by atoms with Crippen molar-refractivity contribution in [2.75, 3.05) is 0 Å². The number of carbonyl (C=O) groups is 1. The average molecular weight is 316 g/mol. The average Bonchev–Trinajstić information content (AvgIpc) is 2.47. The Morgan fingerprint density at radius 3 is 1.45 bits per heavy atom. The molecule has 3 N–H and O–H groups in total. The van der Waals surface area contributed by atoms with Crippen LogP contribution < -0.4 is 0 Å². The number of aliphatic hydroxyl groups is 2. The summed E-state index contributed by atoms with van der Waals surface area (Å²) in [5.74, 6) is -2.14. The van der Waals surface area contributed by atoms with E-state index in [1.54, 1.807) is 6.92 Å². The summed E-state index contributed by atoms with van der Waals surface area (Å²) in [5.41, 5.74) is 0. The summed E-state index contributed by atoms with van der Waals surface area (Å²) in [6.45, 7) is 1.80. The summed E-state index contributed by atoms with van der Waals surface area (Å²) in [7, 11) is 0. The zero-order valence-corrected chi connectivity index (χ0v) is 14.4. The maximum absolute atomic E-state index is 10.3. The highest BCUT2D eigenvalue weighted by Crippen LogP contribution is 2.17. The Morgan fingerprint density at radius 1 is 0.727 bits per heavy atom. The summed E-state index contributed by atoms with van der Waals surface area (Å²) in [6, 6.07) is 0. The quantitative estimate of drug-likeness (QED) is 0.287. The van der Waals surface area contributed by atoms with E-state index >= 15 is 0 Å². The molecule has 0 aromatic rings. The normalized spacial score (nSPS) is 11.8. The highest BCUT2D eigenvalue weighted by Gasteiger charge is 2.18. The maximum atomic E-state index is 10.3. The van der Waals surface area contributed by atoms with Crippen molar-refractivity contribution in [2.45, 2.75) is 109 Å². The second kappa shape index (κ2) is 14.0. The van der Waals surface area contributed by atoms with Crippen molar-refractivity contribution in [1.82, 2.24) is 0 Å². The molecule has 0 spiro atoms. The molecular weight excluding hydrogens is 280 g/mol. The molecule has 0 radical (unpaired) electrons. The fourth-order valence-electron chi connectivity index (χ4n) is 2.63. The lowest BCUT2D eigenvalue weighted by Gasteiger charge is -2.19. The van der Waals surface area contributed by atoms with Gasteiger partial charge in [-0.3, -0.25) is 4.79 Å². The zero-order valence-electron chi connectivity index (χ0n) is 14.4. The molecule has 22 heavy (non-hydrogen) atoms. The van der Waals surface area contributed by atoms with Gasteiger partial charge < -0.3 is 15.3 Å². The van der Waals surface area contributed by atoms with Crippen molar-refractivity contribution in [3.63, 3.8) is 0 Å². The van der Waals surface area contributed by atoms with Crippen molar-refractivity contribution in [2.24, 2.45) is 0 Å². The minimum Gasteiger partial charge on any atom is -0.481 e. The van der Waals surface area contributed by atoms with Gasteiger partial charge in [0.15, 0.2) is 5.79 Å². The largest absolute Gasteiger partial charge is 0.481 e. The Bertz CT molecular complexity index is 264. The summed E-state index contributed by atoms with van der Waals surface area (Å²) < 4.78 is 0. The first kappa shape index (κ1) is 21.4. The van der Waals surface area contributed by atoms with Crippen LogP contribution in [0, 0.1) is 0 Å². The summed E-state index contributed by atoms with van der Waals surface area (Å²) in [5, 5.41) is 27.4. The van der Waals surface area contributed by atoms with Crippen LogP contribution in [0.4, 0.5) is 0 Å². The smallest absolute Gasteiger partial charge is 0.303 e. The van der Waals surface area contributed by atoms with E-state index in [0.29, 0.717) is 19.3 Å². The predicted octanol–water partition coefficient (Wildman–Crippen LogP) is 4.62. The van der Waals surface area contributed by atoms with E-state index in [-0.39, 0.29) is 0 Å². The van der Waals surface area contributed by atoms with E-state index in [1.165, 1.54) is 44.9 Å². The Labute approximate surface area is 135 Å². The van der Waals surface area contributed by atoms with E-state index in [9.17, 15) is 15.0 Å². The fourth-order valence-corrected chi connectivity index (χ4v) is 2.63. The van der Waals surface area contributed by atoms with Crippen molar-refractivity contribution < 1.29 is 20.1 Å². The minimum absolute atomic E-state index is 0.311. The van der Waals surface area contributed by atoms with Gasteiger partial charge >= 0.3 is 5.97 Å². The first-order valence-corrected chi connectivity index (χ1v) is 9.14. The van der Waals surface area contributed by atoms with E-state index in [1.807, 2.05) is 0 Å². The molecule has 0 saturated heterocycles. The molecule has 0 aliphatic rings. The van der Waals surface area contributed by atoms with E-state index in [0.717, 1.165) is 32.1 Å². The summed E-state index contributed by atoms with van der Waals surface area (Å²) in [6.07, 6.45) is 15.0. The fraction of sp³-hybridized carbons (Fsp3) is 0.944. The number of rotatable bonds is 16. The monoisotopic (exact) mass is 316 g/mol. The van der Waals surface area contributed by atoms with Crippen LogP contribution in [0.25, 0.3) is 0 Å². The van der Waals surface area contributed by atoms with Crippen molar-refractivity contribution >= 4 is 5.97 Å². The third kappa shape index (κ3) is 15.8. The van der Waals surface area contributed by atoms with Crippen LogP contribution in [-0.4, -0.2) is 27.1 Å². The van der Waals surface area contributed by atoms with Gasteiger partial charge in [0.2, 0.25) is 0 Å². The number of unbranched alkanes of at least 4 members (excludes halogenated alkanes) is 11. The Morgan fingerprint density at radius 2 is 1.09 bits per heavy atom. The molecule has 0 heterocycles. The molecule has 0 rings (SSSR count). The number of hydrogen-bond acceptors (Lipinski definition) is 3. The standard InChI is InChI=1S/C18H36O4/c1-2-18(21,22)16-14-12-10-8-6-4-3-5-7-9-11-13-15-17(19)20/h21-22H,2-16H2,1H3,(H,19,20). The highest BCUT2D eigenvalue weighted by molar-refractivity contribution is 5.66. The van der Waals surface area contributed by atoms with Crippen LogP contribution in [0.3, 0.4) is 0 Å². The molecule has 4 heteroatoms. The summed E-state index contributed by atoms with van der Waals surface area (Å²) in [4.78, 5) is 10.3. The van der Waals surface area contributed by atoms with Gasteiger partial charge in [0.25, 0.3) is 0 Å². The van der Waals surface area contributed by atoms with Crippen LogP contribution in [0.15, 0.2) is 0 Å². The maximum Gasteiger partial charge on any atom is 0.303 e. The Balaban J connectivity index is 3.10. The molecule has 0 aliphatic heterocycles. The molecule has 0 aromatic heterocycles. The van der Waals surface area contributed by atoms with E-state index in [4.69, 9.17) is 5.11 Å². The zero-order chi connectivity index (χ0) is 16.7. The molecule has 0 aliphatic carbocycles. The van der Waals surface area contributed by atoms with Crippen LogP contribution in [0.1, 0.15) is 103 Å². The molecule has 0 amide bonds. The SMILES string of the molecule is CCC(O)(O)CCCCCCCCCCCCCCC(=O)O. The van der Waals surface area contributed by atoms with E-state index < -0.39 is 11.8 Å². The number of carboxylic acid groups (broad SMARTS) is 1. The lowest BCUT2D eigenvalue weighted by molar-refractivity contribution is -0.167. The van der Waals surface area contributed by atoms with Crippen molar-refractivity contribution in [3.8, 4) is 0 Å². The first-order chi connectivity index (χ1) is 10.5. The second-order valence-electron chi connectivity index (χ2n) is 6.47. The van der Waals surface area contributed by atoms with Gasteiger partial charge in [0, 0.05) is 12.8 Å². The van der Waals surface area contributed by atoms with Crippen molar-refractivity contribution in [3.05, 3.63) is 0 Å². The highest BCUT2D eigenvalue weighted by atomic mass is 16.5. The van der Waals surface area contributed by atoms with Crippen LogP contribution in [0.5, 0.6) is 0 Å². The molecule has 132 valence electrons. The molecule has 0 saturated carbocycles. The van der Waals surface area contributed by atoms with Gasteiger partial charge in [-0.25, -0.2) is 0 Å². The van der Waals surface area contributed by atoms with Crippen LogP contribution in [-0.2, 0) is 4.79 Å².